The molecule has 0 saturated carbocycles. The van der Waals surface area contributed by atoms with Gasteiger partial charge in [-0.2, -0.15) is 0 Å². The molecule has 90 valence electrons. The zero-order valence-corrected chi connectivity index (χ0v) is 10.3. The molecule has 0 heterocycles. The Kier molecular flexibility index (Phi) is 4.77. The van der Waals surface area contributed by atoms with Crippen LogP contribution >= 0.6 is 0 Å². The van der Waals surface area contributed by atoms with E-state index < -0.39 is 0 Å². The second-order valence-corrected chi connectivity index (χ2v) is 4.83. The zero-order valence-electron chi connectivity index (χ0n) is 10.3. The average Bonchev–Trinajstić information content (AvgIpc) is 2.24. The molecule has 0 atom stereocenters. The van der Waals surface area contributed by atoms with Gasteiger partial charge in [-0.25, -0.2) is 0 Å². The van der Waals surface area contributed by atoms with Gasteiger partial charge in [-0.15, -0.1) is 0 Å². The van der Waals surface area contributed by atoms with Crippen LogP contribution in [0.25, 0.3) is 0 Å². The Balaban J connectivity index is 2.27. The van der Waals surface area contributed by atoms with Crippen molar-refractivity contribution in [3.05, 3.63) is 29.8 Å². The van der Waals surface area contributed by atoms with E-state index >= 15 is 0 Å². The SMILES string of the molecule is CC(C)(C)NCCOc1ccc(CO)cc1. The molecule has 0 amide bonds. The van der Waals surface area contributed by atoms with Gasteiger partial charge in [-0.05, 0) is 38.5 Å². The van der Waals surface area contributed by atoms with Crippen molar-refractivity contribution in [2.24, 2.45) is 0 Å². The van der Waals surface area contributed by atoms with Gasteiger partial charge in [0.2, 0.25) is 0 Å². The third kappa shape index (κ3) is 5.14. The van der Waals surface area contributed by atoms with Crippen LogP contribution in [-0.2, 0) is 6.61 Å². The van der Waals surface area contributed by atoms with Crippen molar-refractivity contribution in [2.45, 2.75) is 32.9 Å². The highest BCUT2D eigenvalue weighted by molar-refractivity contribution is 5.26. The standard InChI is InChI=1S/C13H21NO2/c1-13(2,3)14-8-9-16-12-6-4-11(10-15)5-7-12/h4-7,14-15H,8-10H2,1-3H3. The van der Waals surface area contributed by atoms with Crippen molar-refractivity contribution in [2.75, 3.05) is 13.2 Å². The van der Waals surface area contributed by atoms with E-state index in [-0.39, 0.29) is 12.1 Å². The number of ether oxygens (including phenoxy) is 1. The van der Waals surface area contributed by atoms with Crippen LogP contribution in [0.1, 0.15) is 26.3 Å². The van der Waals surface area contributed by atoms with Crippen molar-refractivity contribution in [1.29, 1.82) is 0 Å². The van der Waals surface area contributed by atoms with Crippen LogP contribution < -0.4 is 10.1 Å². The van der Waals surface area contributed by atoms with Crippen LogP contribution in [0.3, 0.4) is 0 Å². The van der Waals surface area contributed by atoms with E-state index in [1.807, 2.05) is 24.3 Å². The maximum atomic E-state index is 8.88. The predicted octanol–water partition coefficient (Wildman–Crippen LogP) is 1.95. The Hall–Kier alpha value is -1.06. The minimum atomic E-state index is 0.0753. The van der Waals surface area contributed by atoms with Crippen molar-refractivity contribution in [3.8, 4) is 5.75 Å². The summed E-state index contributed by atoms with van der Waals surface area (Å²) in [5, 5.41) is 12.2. The Labute approximate surface area is 97.4 Å². The smallest absolute Gasteiger partial charge is 0.119 e. The highest BCUT2D eigenvalue weighted by atomic mass is 16.5. The van der Waals surface area contributed by atoms with E-state index in [1.54, 1.807) is 0 Å². The molecule has 2 N–H and O–H groups in total. The van der Waals surface area contributed by atoms with Gasteiger partial charge in [0.05, 0.1) is 6.61 Å². The summed E-state index contributed by atoms with van der Waals surface area (Å²) in [4.78, 5) is 0. The molecule has 0 aliphatic carbocycles. The predicted molar refractivity (Wildman–Crippen MR) is 65.6 cm³/mol. The minimum absolute atomic E-state index is 0.0753. The van der Waals surface area contributed by atoms with Gasteiger partial charge in [0.25, 0.3) is 0 Å². The summed E-state index contributed by atoms with van der Waals surface area (Å²) in [6.07, 6.45) is 0. The van der Waals surface area contributed by atoms with E-state index in [4.69, 9.17) is 9.84 Å². The van der Waals surface area contributed by atoms with Gasteiger partial charge in [0.15, 0.2) is 0 Å². The monoisotopic (exact) mass is 223 g/mol. The van der Waals surface area contributed by atoms with Crippen LogP contribution in [0.5, 0.6) is 5.75 Å². The van der Waals surface area contributed by atoms with Crippen LogP contribution in [0.4, 0.5) is 0 Å². The maximum Gasteiger partial charge on any atom is 0.119 e. The van der Waals surface area contributed by atoms with Crippen LogP contribution in [0.15, 0.2) is 24.3 Å². The summed E-state index contributed by atoms with van der Waals surface area (Å²) in [5.74, 6) is 0.841. The second-order valence-electron chi connectivity index (χ2n) is 4.83. The maximum absolute atomic E-state index is 8.88. The molecule has 0 aliphatic rings. The average molecular weight is 223 g/mol. The molecule has 0 radical (unpaired) electrons. The van der Waals surface area contributed by atoms with E-state index in [0.29, 0.717) is 6.61 Å². The number of benzene rings is 1. The second kappa shape index (κ2) is 5.87. The highest BCUT2D eigenvalue weighted by Gasteiger charge is 2.07. The van der Waals surface area contributed by atoms with Crippen LogP contribution in [0, 0.1) is 0 Å². The lowest BCUT2D eigenvalue weighted by atomic mass is 10.1. The van der Waals surface area contributed by atoms with E-state index in [9.17, 15) is 0 Å². The van der Waals surface area contributed by atoms with Gasteiger partial charge in [-0.1, -0.05) is 12.1 Å². The van der Waals surface area contributed by atoms with Crippen molar-refractivity contribution >= 4 is 0 Å². The molecule has 3 nitrogen and oxygen atoms in total. The molecule has 1 aromatic rings. The summed E-state index contributed by atoms with van der Waals surface area (Å²) in [6.45, 7) is 7.93. The fourth-order valence-corrected chi connectivity index (χ4v) is 1.29. The third-order valence-electron chi connectivity index (χ3n) is 2.13. The molecule has 0 aromatic heterocycles. The van der Waals surface area contributed by atoms with Crippen molar-refractivity contribution < 1.29 is 9.84 Å². The third-order valence-corrected chi connectivity index (χ3v) is 2.13. The molecule has 1 rings (SSSR count). The first-order chi connectivity index (χ1) is 7.51. The van der Waals surface area contributed by atoms with Gasteiger partial charge in [-0.3, -0.25) is 0 Å². The first kappa shape index (κ1) is 13.0. The van der Waals surface area contributed by atoms with E-state index in [2.05, 4.69) is 26.1 Å². The van der Waals surface area contributed by atoms with E-state index in [0.717, 1.165) is 17.9 Å². The molecule has 0 fully saturated rings. The molecule has 0 unspecified atom stereocenters. The van der Waals surface area contributed by atoms with Gasteiger partial charge >= 0.3 is 0 Å². The molecule has 0 bridgehead atoms. The number of rotatable bonds is 5. The van der Waals surface area contributed by atoms with Crippen molar-refractivity contribution in [3.63, 3.8) is 0 Å². The number of aliphatic hydroxyl groups is 1. The molecule has 0 spiro atoms. The Morgan fingerprint density at radius 3 is 2.31 bits per heavy atom. The summed E-state index contributed by atoms with van der Waals surface area (Å²) < 4.78 is 5.56. The number of hydrogen-bond acceptors (Lipinski definition) is 3. The molecule has 3 heteroatoms. The number of nitrogens with one attached hydrogen (secondary N) is 1. The summed E-state index contributed by atoms with van der Waals surface area (Å²) in [5.41, 5.74) is 1.03. The van der Waals surface area contributed by atoms with E-state index in [1.165, 1.54) is 0 Å². The molecular weight excluding hydrogens is 202 g/mol. The summed E-state index contributed by atoms with van der Waals surface area (Å²) >= 11 is 0. The molecule has 0 aliphatic heterocycles. The largest absolute Gasteiger partial charge is 0.492 e. The fourth-order valence-electron chi connectivity index (χ4n) is 1.29. The molecule has 1 aromatic carbocycles. The summed E-state index contributed by atoms with van der Waals surface area (Å²) in [7, 11) is 0. The normalized spacial score (nSPS) is 11.5. The Morgan fingerprint density at radius 2 is 1.81 bits per heavy atom. The highest BCUT2D eigenvalue weighted by Crippen LogP contribution is 2.11. The van der Waals surface area contributed by atoms with Crippen LogP contribution in [-0.4, -0.2) is 23.8 Å². The van der Waals surface area contributed by atoms with Gasteiger partial charge in [0.1, 0.15) is 12.4 Å². The number of hydrogen-bond donors (Lipinski definition) is 2. The van der Waals surface area contributed by atoms with Crippen molar-refractivity contribution in [1.82, 2.24) is 5.32 Å². The molecule has 0 saturated heterocycles. The Morgan fingerprint density at radius 1 is 1.19 bits per heavy atom. The Bertz CT molecular complexity index is 301. The minimum Gasteiger partial charge on any atom is -0.492 e. The first-order valence-corrected chi connectivity index (χ1v) is 5.59. The van der Waals surface area contributed by atoms with Gasteiger partial charge in [0, 0.05) is 12.1 Å². The topological polar surface area (TPSA) is 41.5 Å². The lowest BCUT2D eigenvalue weighted by Gasteiger charge is -2.20. The summed E-state index contributed by atoms with van der Waals surface area (Å²) in [6, 6.07) is 7.49. The quantitative estimate of drug-likeness (QED) is 0.750. The molecule has 16 heavy (non-hydrogen) atoms. The van der Waals surface area contributed by atoms with Gasteiger partial charge < -0.3 is 15.2 Å². The van der Waals surface area contributed by atoms with Crippen LogP contribution in [0.2, 0.25) is 0 Å². The zero-order chi connectivity index (χ0) is 12.0. The lowest BCUT2D eigenvalue weighted by molar-refractivity contribution is 0.280. The number of aliphatic hydroxyl groups excluding tert-OH is 1. The first-order valence-electron chi connectivity index (χ1n) is 5.59. The fraction of sp³-hybridized carbons (Fsp3) is 0.538. The lowest BCUT2D eigenvalue weighted by Crippen LogP contribution is -2.38. The molecular formula is C13H21NO2.